The van der Waals surface area contributed by atoms with E-state index in [0.29, 0.717) is 0 Å². The van der Waals surface area contributed by atoms with Crippen molar-refractivity contribution in [1.29, 1.82) is 0 Å². The first kappa shape index (κ1) is 10.2. The highest BCUT2D eigenvalue weighted by Gasteiger charge is 2.11. The first-order chi connectivity index (χ1) is 7.18. The van der Waals surface area contributed by atoms with E-state index in [-0.39, 0.29) is 12.1 Å². The maximum absolute atomic E-state index is 9.35. The number of rotatable bonds is 3. The van der Waals surface area contributed by atoms with E-state index in [9.17, 15) is 5.11 Å². The fourth-order valence-electron chi connectivity index (χ4n) is 1.94. The van der Waals surface area contributed by atoms with Crippen LogP contribution in [0.2, 0.25) is 0 Å². The molecule has 0 bridgehead atoms. The van der Waals surface area contributed by atoms with E-state index < -0.39 is 0 Å². The monoisotopic (exact) mass is 204 g/mol. The molecule has 0 aliphatic carbocycles. The lowest BCUT2D eigenvalue weighted by Crippen LogP contribution is -2.13. The van der Waals surface area contributed by atoms with Crippen molar-refractivity contribution < 1.29 is 5.11 Å². The minimum Gasteiger partial charge on any atom is -0.393 e. The van der Waals surface area contributed by atoms with Gasteiger partial charge in [0.2, 0.25) is 0 Å². The molecule has 2 atom stereocenters. The van der Waals surface area contributed by atoms with Gasteiger partial charge in [0.25, 0.3) is 0 Å². The van der Waals surface area contributed by atoms with Gasteiger partial charge in [-0.2, -0.15) is 5.10 Å². The molecule has 15 heavy (non-hydrogen) atoms. The fraction of sp³-hybridized carbons (Fsp3) is 0.417. The van der Waals surface area contributed by atoms with Crippen LogP contribution in [-0.2, 0) is 0 Å². The molecule has 0 saturated heterocycles. The fourth-order valence-corrected chi connectivity index (χ4v) is 1.94. The van der Waals surface area contributed by atoms with Crippen molar-refractivity contribution >= 4 is 10.9 Å². The maximum Gasteiger partial charge on any atom is 0.0685 e. The van der Waals surface area contributed by atoms with Gasteiger partial charge in [-0.15, -0.1) is 0 Å². The van der Waals surface area contributed by atoms with E-state index in [2.05, 4.69) is 18.1 Å². The first-order valence-corrected chi connectivity index (χ1v) is 5.29. The molecule has 2 aromatic rings. The summed E-state index contributed by atoms with van der Waals surface area (Å²) in [6, 6.07) is 8.35. The number of aromatic nitrogens is 2. The quantitative estimate of drug-likeness (QED) is 0.833. The largest absolute Gasteiger partial charge is 0.393 e. The zero-order valence-corrected chi connectivity index (χ0v) is 9.09. The first-order valence-electron chi connectivity index (χ1n) is 5.29. The van der Waals surface area contributed by atoms with E-state index in [0.717, 1.165) is 17.3 Å². The summed E-state index contributed by atoms with van der Waals surface area (Å²) >= 11 is 0. The average molecular weight is 204 g/mol. The van der Waals surface area contributed by atoms with Crippen LogP contribution in [0.3, 0.4) is 0 Å². The van der Waals surface area contributed by atoms with Crippen LogP contribution in [-0.4, -0.2) is 21.0 Å². The van der Waals surface area contributed by atoms with Crippen molar-refractivity contribution in [3.8, 4) is 0 Å². The summed E-state index contributed by atoms with van der Waals surface area (Å²) in [6.45, 7) is 3.88. The van der Waals surface area contributed by atoms with Crippen molar-refractivity contribution in [3.63, 3.8) is 0 Å². The van der Waals surface area contributed by atoms with Crippen LogP contribution < -0.4 is 0 Å². The normalized spacial score (nSPS) is 15.4. The molecule has 1 heterocycles. The van der Waals surface area contributed by atoms with Crippen LogP contribution in [0.4, 0.5) is 0 Å². The topological polar surface area (TPSA) is 38.0 Å². The van der Waals surface area contributed by atoms with Crippen LogP contribution in [0.1, 0.15) is 26.3 Å². The lowest BCUT2D eigenvalue weighted by atomic mass is 10.1. The molecule has 3 heteroatoms. The summed E-state index contributed by atoms with van der Waals surface area (Å²) in [6.07, 6.45) is 2.31. The van der Waals surface area contributed by atoms with Gasteiger partial charge in [0.15, 0.2) is 0 Å². The second kappa shape index (κ2) is 4.03. The van der Waals surface area contributed by atoms with E-state index in [1.807, 2.05) is 36.0 Å². The van der Waals surface area contributed by atoms with Crippen LogP contribution in [0.15, 0.2) is 30.5 Å². The predicted molar refractivity (Wildman–Crippen MR) is 60.7 cm³/mol. The van der Waals surface area contributed by atoms with Gasteiger partial charge in [-0.1, -0.05) is 18.2 Å². The van der Waals surface area contributed by atoms with Gasteiger partial charge >= 0.3 is 0 Å². The van der Waals surface area contributed by atoms with Gasteiger partial charge in [0.1, 0.15) is 0 Å². The third-order valence-corrected chi connectivity index (χ3v) is 2.60. The maximum atomic E-state index is 9.35. The smallest absolute Gasteiger partial charge is 0.0685 e. The average Bonchev–Trinajstić information content (AvgIpc) is 2.59. The molecule has 0 radical (unpaired) electrons. The summed E-state index contributed by atoms with van der Waals surface area (Å²) < 4.78 is 1.97. The Hall–Kier alpha value is -1.35. The van der Waals surface area contributed by atoms with Crippen molar-refractivity contribution in [3.05, 3.63) is 30.5 Å². The van der Waals surface area contributed by atoms with Crippen molar-refractivity contribution in [2.24, 2.45) is 0 Å². The van der Waals surface area contributed by atoms with Gasteiger partial charge in [-0.3, -0.25) is 4.68 Å². The molecule has 0 aliphatic rings. The molecule has 0 amide bonds. The second-order valence-corrected chi connectivity index (χ2v) is 4.08. The highest BCUT2D eigenvalue weighted by Crippen LogP contribution is 2.20. The summed E-state index contributed by atoms with van der Waals surface area (Å²) in [4.78, 5) is 0. The summed E-state index contributed by atoms with van der Waals surface area (Å²) in [7, 11) is 0. The molecule has 0 fully saturated rings. The summed E-state index contributed by atoms with van der Waals surface area (Å²) in [5.41, 5.74) is 1.13. The van der Waals surface area contributed by atoms with Crippen molar-refractivity contribution in [1.82, 2.24) is 9.78 Å². The minimum atomic E-state index is -0.289. The molecular weight excluding hydrogens is 188 g/mol. The predicted octanol–water partition coefficient (Wildman–Crippen LogP) is 2.37. The summed E-state index contributed by atoms with van der Waals surface area (Å²) in [5.74, 6) is 0. The van der Waals surface area contributed by atoms with Gasteiger partial charge in [0, 0.05) is 5.39 Å². The molecule has 1 aromatic heterocycles. The second-order valence-electron chi connectivity index (χ2n) is 4.08. The number of hydrogen-bond donors (Lipinski definition) is 1. The third kappa shape index (κ3) is 2.02. The zero-order valence-electron chi connectivity index (χ0n) is 9.09. The van der Waals surface area contributed by atoms with E-state index in [1.165, 1.54) is 0 Å². The number of aliphatic hydroxyl groups excluding tert-OH is 1. The van der Waals surface area contributed by atoms with Crippen LogP contribution >= 0.6 is 0 Å². The molecule has 1 aromatic carbocycles. The van der Waals surface area contributed by atoms with Crippen molar-refractivity contribution in [2.45, 2.75) is 32.4 Å². The number of benzene rings is 1. The molecule has 3 nitrogen and oxygen atoms in total. The number of aliphatic hydroxyl groups is 1. The van der Waals surface area contributed by atoms with Gasteiger partial charge in [0.05, 0.1) is 23.9 Å². The molecule has 0 saturated carbocycles. The Bertz CT molecular complexity index is 448. The lowest BCUT2D eigenvalue weighted by molar-refractivity contribution is 0.163. The van der Waals surface area contributed by atoms with Crippen LogP contribution in [0, 0.1) is 0 Å². The van der Waals surface area contributed by atoms with Gasteiger partial charge in [-0.05, 0) is 26.3 Å². The molecule has 0 aliphatic heterocycles. The lowest BCUT2D eigenvalue weighted by Gasteiger charge is -2.14. The van der Waals surface area contributed by atoms with E-state index >= 15 is 0 Å². The molecule has 80 valence electrons. The summed E-state index contributed by atoms with van der Waals surface area (Å²) in [5, 5.41) is 14.9. The van der Waals surface area contributed by atoms with Gasteiger partial charge < -0.3 is 5.11 Å². The highest BCUT2D eigenvalue weighted by molar-refractivity contribution is 5.78. The number of nitrogens with zero attached hydrogens (tertiary/aromatic N) is 2. The van der Waals surface area contributed by atoms with E-state index in [1.54, 1.807) is 0 Å². The zero-order chi connectivity index (χ0) is 10.8. The Balaban J connectivity index is 2.35. The van der Waals surface area contributed by atoms with Crippen molar-refractivity contribution in [2.75, 3.05) is 0 Å². The molecule has 2 unspecified atom stereocenters. The Morgan fingerprint density at radius 1 is 1.33 bits per heavy atom. The number of fused-ring (bicyclic) bond motifs is 1. The Morgan fingerprint density at radius 2 is 2.07 bits per heavy atom. The molecule has 2 rings (SSSR count). The molecule has 1 N–H and O–H groups in total. The Labute approximate surface area is 89.3 Å². The highest BCUT2D eigenvalue weighted by atomic mass is 16.3. The van der Waals surface area contributed by atoms with Crippen LogP contribution in [0.25, 0.3) is 10.9 Å². The van der Waals surface area contributed by atoms with Gasteiger partial charge in [-0.25, -0.2) is 0 Å². The standard InChI is InChI=1S/C12H16N2O/c1-9(7-10(2)15)14-12-6-4-3-5-11(12)8-13-14/h3-6,8-10,15H,7H2,1-2H3. The number of hydrogen-bond acceptors (Lipinski definition) is 2. The Morgan fingerprint density at radius 3 is 2.80 bits per heavy atom. The number of para-hydroxylation sites is 1. The SMILES string of the molecule is CC(O)CC(C)n1ncc2ccccc21. The Kier molecular flexibility index (Phi) is 2.73. The molecule has 0 spiro atoms. The van der Waals surface area contributed by atoms with Crippen LogP contribution in [0.5, 0.6) is 0 Å². The third-order valence-electron chi connectivity index (χ3n) is 2.60. The van der Waals surface area contributed by atoms with E-state index in [4.69, 9.17) is 0 Å². The minimum absolute atomic E-state index is 0.227. The molecular formula is C12H16N2O.